The number of rotatable bonds is 5. The Labute approximate surface area is 188 Å². The largest absolute Gasteiger partial charge is 0.302 e. The van der Waals surface area contributed by atoms with E-state index in [4.69, 9.17) is 5.73 Å². The lowest BCUT2D eigenvalue weighted by atomic mass is 9.97. The average Bonchev–Trinajstić information content (AvgIpc) is 2.90. The van der Waals surface area contributed by atoms with Gasteiger partial charge in [-0.3, -0.25) is 24.7 Å². The van der Waals surface area contributed by atoms with Gasteiger partial charge in [0.25, 0.3) is 11.6 Å². The lowest BCUT2D eigenvalue weighted by molar-refractivity contribution is -0.385. The molecule has 1 amide bonds. The van der Waals surface area contributed by atoms with Crippen molar-refractivity contribution in [2.75, 3.05) is 11.4 Å². The fourth-order valence-electron chi connectivity index (χ4n) is 3.86. The fraction of sp³-hybridized carbons (Fsp3) is 0.125. The van der Waals surface area contributed by atoms with Gasteiger partial charge in [-0.05, 0) is 30.7 Å². The standard InChI is InChI=1S/C24H19FN4O4/c1-14-7-6-10-17-21(15-8-2-4-11-18(15)25)27-23(26)24(31)28(22(14)17)13-20(30)16-9-3-5-12-19(16)29(32)33/h2-12,23H,13,26H2,1H3. The zero-order valence-corrected chi connectivity index (χ0v) is 17.6. The maximum atomic E-state index is 14.6. The highest BCUT2D eigenvalue weighted by atomic mass is 19.1. The summed E-state index contributed by atoms with van der Waals surface area (Å²) in [4.78, 5) is 42.5. The summed E-state index contributed by atoms with van der Waals surface area (Å²) >= 11 is 0. The molecule has 0 saturated carbocycles. The highest BCUT2D eigenvalue weighted by Crippen LogP contribution is 2.32. The zero-order valence-electron chi connectivity index (χ0n) is 17.6. The molecule has 2 N–H and O–H groups in total. The first-order valence-electron chi connectivity index (χ1n) is 10.1. The minimum atomic E-state index is -1.40. The second-order valence-corrected chi connectivity index (χ2v) is 7.50. The Hall–Kier alpha value is -4.24. The number of hydrogen-bond donors (Lipinski definition) is 1. The zero-order chi connectivity index (χ0) is 23.7. The summed E-state index contributed by atoms with van der Waals surface area (Å²) in [5.74, 6) is -1.84. The first kappa shape index (κ1) is 22.0. The second-order valence-electron chi connectivity index (χ2n) is 7.50. The molecule has 4 rings (SSSR count). The Morgan fingerprint density at radius 1 is 1.09 bits per heavy atom. The van der Waals surface area contributed by atoms with Crippen LogP contribution in [0.25, 0.3) is 0 Å². The van der Waals surface area contributed by atoms with Crippen molar-refractivity contribution < 1.29 is 18.9 Å². The topological polar surface area (TPSA) is 119 Å². The van der Waals surface area contributed by atoms with Crippen LogP contribution in [0.2, 0.25) is 0 Å². The maximum absolute atomic E-state index is 14.6. The smallest absolute Gasteiger partial charge is 0.280 e. The molecule has 33 heavy (non-hydrogen) atoms. The SMILES string of the molecule is Cc1cccc2c1N(CC(=O)c1ccccc1[N+](=O)[O-])C(=O)C(N)N=C2c1ccccc1F. The summed E-state index contributed by atoms with van der Waals surface area (Å²) in [7, 11) is 0. The van der Waals surface area contributed by atoms with Gasteiger partial charge in [0.2, 0.25) is 0 Å². The molecule has 3 aromatic carbocycles. The Kier molecular flexibility index (Phi) is 5.80. The van der Waals surface area contributed by atoms with Crippen molar-refractivity contribution in [3.63, 3.8) is 0 Å². The van der Waals surface area contributed by atoms with Crippen LogP contribution in [0.4, 0.5) is 15.8 Å². The lowest BCUT2D eigenvalue weighted by Crippen LogP contribution is -2.45. The van der Waals surface area contributed by atoms with Crippen molar-refractivity contribution in [2.24, 2.45) is 10.7 Å². The molecule has 0 aromatic heterocycles. The number of hydrogen-bond acceptors (Lipinski definition) is 6. The number of benzodiazepines with no additional fused rings is 1. The van der Waals surface area contributed by atoms with Gasteiger partial charge in [0, 0.05) is 17.2 Å². The van der Waals surface area contributed by atoms with Crippen molar-refractivity contribution in [2.45, 2.75) is 13.1 Å². The van der Waals surface area contributed by atoms with Gasteiger partial charge in [-0.2, -0.15) is 0 Å². The van der Waals surface area contributed by atoms with E-state index in [1.54, 1.807) is 31.2 Å². The minimum absolute atomic E-state index is 0.126. The molecule has 9 heteroatoms. The molecular formula is C24H19FN4O4. The van der Waals surface area contributed by atoms with Crippen LogP contribution in [0.1, 0.15) is 27.0 Å². The molecular weight excluding hydrogens is 427 g/mol. The van der Waals surface area contributed by atoms with Crippen LogP contribution in [0.3, 0.4) is 0 Å². The number of nitrogens with two attached hydrogens (primary N) is 1. The number of amides is 1. The van der Waals surface area contributed by atoms with Gasteiger partial charge in [-0.25, -0.2) is 4.39 Å². The van der Waals surface area contributed by atoms with Crippen LogP contribution >= 0.6 is 0 Å². The number of nitro groups is 1. The summed E-state index contributed by atoms with van der Waals surface area (Å²) in [6.45, 7) is 1.25. The Bertz CT molecular complexity index is 1320. The molecule has 0 bridgehead atoms. The fourth-order valence-corrected chi connectivity index (χ4v) is 3.86. The number of fused-ring (bicyclic) bond motifs is 1. The van der Waals surface area contributed by atoms with Crippen LogP contribution in [-0.4, -0.2) is 35.0 Å². The van der Waals surface area contributed by atoms with Gasteiger partial charge >= 0.3 is 0 Å². The quantitative estimate of drug-likeness (QED) is 0.366. The molecule has 166 valence electrons. The number of halogens is 1. The highest BCUT2D eigenvalue weighted by Gasteiger charge is 2.34. The van der Waals surface area contributed by atoms with E-state index in [0.29, 0.717) is 16.8 Å². The van der Waals surface area contributed by atoms with E-state index < -0.39 is 35.1 Å². The van der Waals surface area contributed by atoms with E-state index in [2.05, 4.69) is 4.99 Å². The number of aryl methyl sites for hydroxylation is 1. The van der Waals surface area contributed by atoms with Crippen LogP contribution < -0.4 is 10.6 Å². The minimum Gasteiger partial charge on any atom is -0.302 e. The van der Waals surface area contributed by atoms with E-state index in [1.165, 1.54) is 47.4 Å². The van der Waals surface area contributed by atoms with Gasteiger partial charge in [0.05, 0.1) is 28.4 Å². The average molecular weight is 446 g/mol. The monoisotopic (exact) mass is 446 g/mol. The number of benzene rings is 3. The van der Waals surface area contributed by atoms with Crippen LogP contribution in [-0.2, 0) is 4.79 Å². The molecule has 0 aliphatic carbocycles. The normalized spacial score (nSPS) is 15.5. The number of ketones is 1. The molecule has 1 aliphatic rings. The third-order valence-electron chi connectivity index (χ3n) is 5.38. The van der Waals surface area contributed by atoms with E-state index in [-0.39, 0.29) is 22.5 Å². The van der Waals surface area contributed by atoms with Gasteiger partial charge in [0.1, 0.15) is 5.82 Å². The molecule has 0 saturated heterocycles. The van der Waals surface area contributed by atoms with Crippen molar-refractivity contribution in [1.82, 2.24) is 0 Å². The number of carbonyl (C=O) groups is 2. The number of Topliss-reactive ketones (excluding diaryl/α,β-unsaturated/α-hetero) is 1. The third-order valence-corrected chi connectivity index (χ3v) is 5.38. The van der Waals surface area contributed by atoms with Crippen LogP contribution in [0.5, 0.6) is 0 Å². The number of nitrogens with zero attached hydrogens (tertiary/aromatic N) is 3. The summed E-state index contributed by atoms with van der Waals surface area (Å²) in [6, 6.07) is 16.7. The Morgan fingerprint density at radius 3 is 2.48 bits per heavy atom. The molecule has 3 aromatic rings. The van der Waals surface area contributed by atoms with E-state index >= 15 is 0 Å². The Balaban J connectivity index is 1.85. The van der Waals surface area contributed by atoms with Gasteiger partial charge in [-0.15, -0.1) is 0 Å². The summed E-state index contributed by atoms with van der Waals surface area (Å²) < 4.78 is 14.6. The predicted molar refractivity (Wildman–Crippen MR) is 121 cm³/mol. The molecule has 1 unspecified atom stereocenters. The number of nitro benzene ring substituents is 1. The van der Waals surface area contributed by atoms with Gasteiger partial charge < -0.3 is 10.6 Å². The van der Waals surface area contributed by atoms with Gasteiger partial charge in [0.15, 0.2) is 11.9 Å². The van der Waals surface area contributed by atoms with Crippen molar-refractivity contribution in [3.05, 3.63) is 105 Å². The van der Waals surface area contributed by atoms with Crippen LogP contribution in [0.15, 0.2) is 71.7 Å². The van der Waals surface area contributed by atoms with Crippen molar-refractivity contribution >= 4 is 28.8 Å². The van der Waals surface area contributed by atoms with E-state index in [0.717, 1.165) is 0 Å². The highest BCUT2D eigenvalue weighted by molar-refractivity contribution is 6.21. The number of para-hydroxylation sites is 2. The van der Waals surface area contributed by atoms with Crippen LogP contribution in [0, 0.1) is 22.9 Å². The maximum Gasteiger partial charge on any atom is 0.280 e. The molecule has 8 nitrogen and oxygen atoms in total. The first-order chi connectivity index (χ1) is 15.8. The number of carbonyl (C=O) groups excluding carboxylic acids is 2. The summed E-state index contributed by atoms with van der Waals surface area (Å²) in [5.41, 5.74) is 7.33. The summed E-state index contributed by atoms with van der Waals surface area (Å²) in [6.07, 6.45) is -1.40. The molecule has 0 spiro atoms. The molecule has 1 atom stereocenters. The molecule has 1 heterocycles. The molecule has 1 aliphatic heterocycles. The molecule has 0 radical (unpaired) electrons. The predicted octanol–water partition coefficient (Wildman–Crippen LogP) is 3.39. The van der Waals surface area contributed by atoms with E-state index in [1.807, 2.05) is 0 Å². The van der Waals surface area contributed by atoms with Crippen molar-refractivity contribution in [1.29, 1.82) is 0 Å². The first-order valence-corrected chi connectivity index (χ1v) is 10.1. The number of aliphatic imine (C=N–C) groups is 1. The molecule has 0 fully saturated rings. The third kappa shape index (κ3) is 4.01. The van der Waals surface area contributed by atoms with Crippen molar-refractivity contribution in [3.8, 4) is 0 Å². The summed E-state index contributed by atoms with van der Waals surface area (Å²) in [5, 5.41) is 11.4. The Morgan fingerprint density at radius 2 is 1.76 bits per heavy atom. The number of anilines is 1. The lowest BCUT2D eigenvalue weighted by Gasteiger charge is -2.25. The van der Waals surface area contributed by atoms with E-state index in [9.17, 15) is 24.1 Å². The second kappa shape index (κ2) is 8.71. The van der Waals surface area contributed by atoms with Gasteiger partial charge in [-0.1, -0.05) is 42.5 Å².